The first-order chi connectivity index (χ1) is 15.1. The summed E-state index contributed by atoms with van der Waals surface area (Å²) in [6.07, 6.45) is 3.75. The molecule has 3 aromatic rings. The van der Waals surface area contributed by atoms with E-state index in [1.54, 1.807) is 18.2 Å². The Balaban J connectivity index is 1.34. The minimum atomic E-state index is -0.260. The second-order valence-corrected chi connectivity index (χ2v) is 8.70. The molecule has 4 nitrogen and oxygen atoms in total. The molecule has 0 radical (unpaired) electrons. The molecule has 0 unspecified atom stereocenters. The number of fused-ring (bicyclic) bond motifs is 3. The van der Waals surface area contributed by atoms with Gasteiger partial charge in [0.05, 0.1) is 12.1 Å². The second kappa shape index (κ2) is 8.52. The van der Waals surface area contributed by atoms with Crippen molar-refractivity contribution in [1.29, 1.82) is 0 Å². The summed E-state index contributed by atoms with van der Waals surface area (Å²) in [6, 6.07) is 11.5. The van der Waals surface area contributed by atoms with Crippen molar-refractivity contribution in [3.05, 3.63) is 65.4 Å². The van der Waals surface area contributed by atoms with Crippen LogP contribution >= 0.6 is 0 Å². The average Bonchev–Trinajstić information content (AvgIpc) is 3.32. The second-order valence-electron chi connectivity index (χ2n) is 8.70. The summed E-state index contributed by atoms with van der Waals surface area (Å²) in [4.78, 5) is 16.1. The van der Waals surface area contributed by atoms with Gasteiger partial charge in [0.25, 0.3) is 0 Å². The van der Waals surface area contributed by atoms with Crippen molar-refractivity contribution in [3.63, 3.8) is 0 Å². The van der Waals surface area contributed by atoms with E-state index < -0.39 is 0 Å². The van der Waals surface area contributed by atoms with E-state index in [-0.39, 0.29) is 11.6 Å². The van der Waals surface area contributed by atoms with Crippen LogP contribution in [0.5, 0.6) is 0 Å². The van der Waals surface area contributed by atoms with Crippen molar-refractivity contribution in [2.24, 2.45) is 0 Å². The van der Waals surface area contributed by atoms with Crippen LogP contribution in [0.15, 0.2) is 42.5 Å². The number of Topliss-reactive ketones (excluding diaryl/α,β-unsaturated/α-hetero) is 1. The van der Waals surface area contributed by atoms with Crippen LogP contribution in [0.1, 0.15) is 30.5 Å². The molecular formula is C25H27F2N3O. The molecule has 2 aliphatic heterocycles. The molecule has 0 atom stereocenters. The monoisotopic (exact) mass is 423 g/mol. The highest BCUT2D eigenvalue weighted by atomic mass is 19.1. The van der Waals surface area contributed by atoms with Gasteiger partial charge in [0.1, 0.15) is 17.4 Å². The van der Waals surface area contributed by atoms with Gasteiger partial charge >= 0.3 is 0 Å². The van der Waals surface area contributed by atoms with Gasteiger partial charge in [0, 0.05) is 49.2 Å². The Morgan fingerprint density at radius 3 is 2.19 bits per heavy atom. The van der Waals surface area contributed by atoms with Crippen molar-refractivity contribution >= 4 is 16.7 Å². The van der Waals surface area contributed by atoms with Gasteiger partial charge in [0.2, 0.25) is 0 Å². The number of carbonyl (C=O) groups is 1. The number of rotatable bonds is 6. The minimum absolute atomic E-state index is 0.233. The van der Waals surface area contributed by atoms with Crippen molar-refractivity contribution in [1.82, 2.24) is 14.4 Å². The lowest BCUT2D eigenvalue weighted by atomic mass is 10.0. The molecule has 0 spiro atoms. The van der Waals surface area contributed by atoms with Crippen LogP contribution in [0.25, 0.3) is 16.6 Å². The van der Waals surface area contributed by atoms with Crippen molar-refractivity contribution < 1.29 is 13.6 Å². The minimum Gasteiger partial charge on any atom is -0.313 e. The predicted octanol–water partition coefficient (Wildman–Crippen LogP) is 4.32. The Morgan fingerprint density at radius 1 is 0.806 bits per heavy atom. The number of aromatic nitrogens is 1. The Kier molecular flexibility index (Phi) is 5.59. The number of benzene rings is 2. The fourth-order valence-corrected chi connectivity index (χ4v) is 5.01. The van der Waals surface area contributed by atoms with E-state index in [1.807, 2.05) is 6.07 Å². The summed E-state index contributed by atoms with van der Waals surface area (Å²) in [5, 5.41) is 0.944. The van der Waals surface area contributed by atoms with E-state index >= 15 is 0 Å². The third-order valence-corrected chi connectivity index (χ3v) is 6.58. The number of likely N-dealkylation sites (tertiary alicyclic amines) is 1. The molecule has 1 fully saturated rings. The third kappa shape index (κ3) is 4.14. The van der Waals surface area contributed by atoms with Crippen LogP contribution in [0.2, 0.25) is 0 Å². The molecule has 6 heteroatoms. The van der Waals surface area contributed by atoms with Crippen molar-refractivity contribution in [2.75, 3.05) is 32.7 Å². The third-order valence-electron chi connectivity index (χ3n) is 6.58. The van der Waals surface area contributed by atoms with Crippen LogP contribution in [0.3, 0.4) is 0 Å². The standard InChI is InChI=1S/C25H27F2N3O/c26-18-3-6-20(7-4-18)30-24-8-5-19(27)15-22(24)23-17-29(14-10-25(23)30)12-2-1-11-28-13-9-21(31)16-28/h3-8,15H,1-2,9-14,16-17H2. The number of hydrogen-bond acceptors (Lipinski definition) is 3. The van der Waals surface area contributed by atoms with Gasteiger partial charge in [0.15, 0.2) is 0 Å². The summed E-state index contributed by atoms with van der Waals surface area (Å²) >= 11 is 0. The average molecular weight is 424 g/mol. The van der Waals surface area contributed by atoms with Crippen LogP contribution in [0, 0.1) is 11.6 Å². The summed E-state index contributed by atoms with van der Waals surface area (Å²) in [5.74, 6) is -0.137. The highest BCUT2D eigenvalue weighted by Crippen LogP contribution is 2.34. The molecular weight excluding hydrogens is 396 g/mol. The molecule has 0 bridgehead atoms. The number of unbranched alkanes of at least 4 members (excludes halogenated alkanes) is 1. The topological polar surface area (TPSA) is 28.5 Å². The largest absolute Gasteiger partial charge is 0.313 e. The first kappa shape index (κ1) is 20.3. The molecule has 0 aliphatic carbocycles. The van der Waals surface area contributed by atoms with Gasteiger partial charge in [-0.05, 0) is 74.0 Å². The molecule has 162 valence electrons. The molecule has 0 amide bonds. The van der Waals surface area contributed by atoms with Crippen LogP contribution in [0.4, 0.5) is 8.78 Å². The number of carbonyl (C=O) groups excluding carboxylic acids is 1. The number of hydrogen-bond donors (Lipinski definition) is 0. The number of ketones is 1. The van der Waals surface area contributed by atoms with Crippen molar-refractivity contribution in [2.45, 2.75) is 32.2 Å². The lowest BCUT2D eigenvalue weighted by Gasteiger charge is -2.28. The van der Waals surface area contributed by atoms with E-state index in [0.717, 1.165) is 68.6 Å². The first-order valence-electron chi connectivity index (χ1n) is 11.1. The van der Waals surface area contributed by atoms with Gasteiger partial charge in [-0.3, -0.25) is 14.6 Å². The SMILES string of the molecule is O=C1CCN(CCCCN2CCc3c(c4cc(F)ccc4n3-c3ccc(F)cc3)C2)C1. The zero-order valence-electron chi connectivity index (χ0n) is 17.6. The van der Waals surface area contributed by atoms with Crippen LogP contribution in [-0.4, -0.2) is 52.9 Å². The number of nitrogens with zero attached hydrogens (tertiary/aromatic N) is 3. The highest BCUT2D eigenvalue weighted by molar-refractivity contribution is 5.87. The molecule has 0 N–H and O–H groups in total. The quantitative estimate of drug-likeness (QED) is 0.553. The fourth-order valence-electron chi connectivity index (χ4n) is 5.01. The zero-order valence-corrected chi connectivity index (χ0v) is 17.6. The maximum atomic E-state index is 14.1. The van der Waals surface area contributed by atoms with Crippen molar-refractivity contribution in [3.8, 4) is 5.69 Å². The van der Waals surface area contributed by atoms with Gasteiger partial charge in [-0.2, -0.15) is 0 Å². The molecule has 1 saturated heterocycles. The summed E-state index contributed by atoms with van der Waals surface area (Å²) in [6.45, 7) is 5.25. The van der Waals surface area contributed by atoms with E-state index in [2.05, 4.69) is 14.4 Å². The first-order valence-corrected chi connectivity index (χ1v) is 11.1. The molecule has 2 aliphatic rings. The summed E-state index contributed by atoms with van der Waals surface area (Å²) in [7, 11) is 0. The van der Waals surface area contributed by atoms with Gasteiger partial charge < -0.3 is 4.57 Å². The van der Waals surface area contributed by atoms with Gasteiger partial charge in [-0.1, -0.05) is 0 Å². The molecule has 1 aromatic heterocycles. The predicted molar refractivity (Wildman–Crippen MR) is 117 cm³/mol. The van der Waals surface area contributed by atoms with E-state index in [1.165, 1.54) is 29.5 Å². The molecule has 0 saturated carbocycles. The maximum Gasteiger partial charge on any atom is 0.148 e. The lowest BCUT2D eigenvalue weighted by molar-refractivity contribution is -0.116. The van der Waals surface area contributed by atoms with Gasteiger partial charge in [-0.15, -0.1) is 0 Å². The lowest BCUT2D eigenvalue weighted by Crippen LogP contribution is -2.32. The smallest absolute Gasteiger partial charge is 0.148 e. The van der Waals surface area contributed by atoms with Gasteiger partial charge in [-0.25, -0.2) is 8.78 Å². The maximum absolute atomic E-state index is 14.1. The fraction of sp³-hybridized carbons (Fsp3) is 0.400. The summed E-state index contributed by atoms with van der Waals surface area (Å²) in [5.41, 5.74) is 4.25. The molecule has 3 heterocycles. The molecule has 5 rings (SSSR count). The normalized spacial score (nSPS) is 17.5. The molecule has 2 aromatic carbocycles. The van der Waals surface area contributed by atoms with E-state index in [4.69, 9.17) is 0 Å². The van der Waals surface area contributed by atoms with Crippen LogP contribution < -0.4 is 0 Å². The highest BCUT2D eigenvalue weighted by Gasteiger charge is 2.25. The Bertz CT molecular complexity index is 1110. The number of halogens is 2. The molecule has 31 heavy (non-hydrogen) atoms. The van der Waals surface area contributed by atoms with Crippen LogP contribution in [-0.2, 0) is 17.8 Å². The zero-order chi connectivity index (χ0) is 21.4. The van der Waals surface area contributed by atoms with E-state index in [0.29, 0.717) is 18.7 Å². The Morgan fingerprint density at radius 2 is 1.48 bits per heavy atom. The Labute approximate surface area is 181 Å². The summed E-state index contributed by atoms with van der Waals surface area (Å²) < 4.78 is 29.7. The van der Waals surface area contributed by atoms with E-state index in [9.17, 15) is 13.6 Å². The Hall–Kier alpha value is -2.57.